The Morgan fingerprint density at radius 3 is 2.64 bits per heavy atom. The molecule has 6 nitrogen and oxygen atoms in total. The van der Waals surface area contributed by atoms with Crippen molar-refractivity contribution in [1.82, 2.24) is 14.3 Å². The van der Waals surface area contributed by atoms with Crippen LogP contribution < -0.4 is 5.32 Å². The number of rotatable bonds is 5. The molecule has 0 bridgehead atoms. The van der Waals surface area contributed by atoms with E-state index in [1.54, 1.807) is 61.8 Å². The van der Waals surface area contributed by atoms with Gasteiger partial charge >= 0.3 is 0 Å². The summed E-state index contributed by atoms with van der Waals surface area (Å²) >= 11 is 0. The Hall–Kier alpha value is -2.95. The molecule has 0 saturated carbocycles. The number of hydrogen-bond acceptors (Lipinski definition) is 5. The van der Waals surface area contributed by atoms with E-state index in [4.69, 9.17) is 0 Å². The summed E-state index contributed by atoms with van der Waals surface area (Å²) in [6.45, 7) is 0.506. The van der Waals surface area contributed by atoms with Gasteiger partial charge < -0.3 is 5.32 Å². The molecule has 0 aliphatic heterocycles. The zero-order valence-electron chi connectivity index (χ0n) is 13.5. The smallest absolute Gasteiger partial charge is 0.268 e. The molecule has 0 aliphatic carbocycles. The van der Waals surface area contributed by atoms with Crippen molar-refractivity contribution in [1.29, 1.82) is 5.26 Å². The third kappa shape index (κ3) is 3.18. The van der Waals surface area contributed by atoms with Crippen LogP contribution in [0.15, 0.2) is 65.8 Å². The van der Waals surface area contributed by atoms with Gasteiger partial charge in [-0.1, -0.05) is 18.2 Å². The van der Waals surface area contributed by atoms with Gasteiger partial charge in [0, 0.05) is 24.5 Å². The van der Waals surface area contributed by atoms with Crippen LogP contribution in [0.5, 0.6) is 0 Å². The molecule has 0 fully saturated rings. The minimum Gasteiger partial charge on any atom is -0.316 e. The highest BCUT2D eigenvalue weighted by Crippen LogP contribution is 2.28. The van der Waals surface area contributed by atoms with E-state index >= 15 is 0 Å². The predicted molar refractivity (Wildman–Crippen MR) is 94.2 cm³/mol. The Morgan fingerprint density at radius 1 is 1.20 bits per heavy atom. The summed E-state index contributed by atoms with van der Waals surface area (Å²) in [5.41, 5.74) is 1.87. The van der Waals surface area contributed by atoms with E-state index in [0.29, 0.717) is 17.8 Å². The summed E-state index contributed by atoms with van der Waals surface area (Å²) < 4.78 is 27.4. The maximum atomic E-state index is 13.1. The van der Waals surface area contributed by atoms with E-state index in [-0.39, 0.29) is 10.6 Å². The van der Waals surface area contributed by atoms with Crippen molar-refractivity contribution in [3.63, 3.8) is 0 Å². The molecule has 0 spiro atoms. The maximum absolute atomic E-state index is 13.1. The minimum absolute atomic E-state index is 0.182. The van der Waals surface area contributed by atoms with Gasteiger partial charge in [0.15, 0.2) is 0 Å². The fraction of sp³-hybridized carbons (Fsp3) is 0.111. The second-order valence-electron chi connectivity index (χ2n) is 5.39. The van der Waals surface area contributed by atoms with Crippen LogP contribution in [0.2, 0.25) is 0 Å². The minimum atomic E-state index is -3.79. The van der Waals surface area contributed by atoms with Gasteiger partial charge in [-0.25, -0.2) is 17.4 Å². The first-order valence-corrected chi connectivity index (χ1v) is 9.04. The van der Waals surface area contributed by atoms with Crippen molar-refractivity contribution in [3.8, 4) is 17.3 Å². The Kier molecular flexibility index (Phi) is 4.65. The number of aromatic nitrogens is 2. The Labute approximate surface area is 146 Å². The molecule has 0 aliphatic rings. The maximum Gasteiger partial charge on any atom is 0.268 e. The summed E-state index contributed by atoms with van der Waals surface area (Å²) in [7, 11) is -2.00. The summed E-state index contributed by atoms with van der Waals surface area (Å²) in [4.78, 5) is 4.23. The number of pyridine rings is 1. The van der Waals surface area contributed by atoms with Gasteiger partial charge in [0.05, 0.1) is 10.6 Å². The van der Waals surface area contributed by atoms with Crippen LogP contribution >= 0.6 is 0 Å². The Morgan fingerprint density at radius 2 is 1.96 bits per heavy atom. The van der Waals surface area contributed by atoms with Gasteiger partial charge in [-0.3, -0.25) is 0 Å². The normalized spacial score (nSPS) is 11.2. The average Bonchev–Trinajstić information content (AvgIpc) is 3.07. The lowest BCUT2D eigenvalue weighted by atomic mass is 10.1. The van der Waals surface area contributed by atoms with Crippen molar-refractivity contribution in [2.45, 2.75) is 11.4 Å². The van der Waals surface area contributed by atoms with Gasteiger partial charge in [-0.05, 0) is 42.9 Å². The molecule has 7 heteroatoms. The lowest BCUT2D eigenvalue weighted by Crippen LogP contribution is -2.13. The van der Waals surface area contributed by atoms with Crippen LogP contribution in [0, 0.1) is 11.3 Å². The largest absolute Gasteiger partial charge is 0.316 e. The quantitative estimate of drug-likeness (QED) is 0.762. The van der Waals surface area contributed by atoms with Crippen LogP contribution in [-0.2, 0) is 16.6 Å². The summed E-state index contributed by atoms with van der Waals surface area (Å²) in [5.74, 6) is 0. The molecule has 3 rings (SSSR count). The zero-order valence-corrected chi connectivity index (χ0v) is 14.4. The van der Waals surface area contributed by atoms with Crippen LogP contribution in [0.4, 0.5) is 0 Å². The molecule has 0 radical (unpaired) electrons. The fourth-order valence-electron chi connectivity index (χ4n) is 2.60. The second-order valence-corrected chi connectivity index (χ2v) is 7.20. The molecule has 1 N–H and O–H groups in total. The number of nitriles is 1. The monoisotopic (exact) mass is 352 g/mol. The van der Waals surface area contributed by atoms with Crippen molar-refractivity contribution in [2.24, 2.45) is 0 Å². The number of hydrogen-bond donors (Lipinski definition) is 1. The first kappa shape index (κ1) is 16.9. The molecular weight excluding hydrogens is 336 g/mol. The first-order chi connectivity index (χ1) is 12.1. The van der Waals surface area contributed by atoms with E-state index in [1.807, 2.05) is 6.07 Å². The SMILES string of the molecule is CNCc1cc(-c2cccnc2C#N)n(S(=O)(=O)c2ccccc2)c1. The first-order valence-electron chi connectivity index (χ1n) is 7.60. The molecule has 0 amide bonds. The van der Waals surface area contributed by atoms with Gasteiger partial charge in [0.25, 0.3) is 10.0 Å². The van der Waals surface area contributed by atoms with Crippen molar-refractivity contribution in [3.05, 3.63) is 72.2 Å². The van der Waals surface area contributed by atoms with Crippen LogP contribution in [0.3, 0.4) is 0 Å². The predicted octanol–water partition coefficient (Wildman–Crippen LogP) is 2.38. The number of nitrogens with zero attached hydrogens (tertiary/aromatic N) is 3. The topological polar surface area (TPSA) is 87.8 Å². The van der Waals surface area contributed by atoms with Gasteiger partial charge in [-0.15, -0.1) is 0 Å². The molecular formula is C18H16N4O2S. The lowest BCUT2D eigenvalue weighted by molar-refractivity contribution is 0.588. The van der Waals surface area contributed by atoms with E-state index in [1.165, 1.54) is 10.2 Å². The molecule has 0 saturated heterocycles. The molecule has 2 heterocycles. The van der Waals surface area contributed by atoms with Gasteiger partial charge in [0.1, 0.15) is 11.8 Å². The highest BCUT2D eigenvalue weighted by atomic mass is 32.2. The molecule has 126 valence electrons. The molecule has 0 unspecified atom stereocenters. The Bertz CT molecular complexity index is 1030. The molecule has 3 aromatic rings. The highest BCUT2D eigenvalue weighted by molar-refractivity contribution is 7.90. The molecule has 25 heavy (non-hydrogen) atoms. The van der Waals surface area contributed by atoms with E-state index < -0.39 is 10.0 Å². The summed E-state index contributed by atoms with van der Waals surface area (Å²) in [6, 6.07) is 15.4. The third-order valence-electron chi connectivity index (χ3n) is 3.71. The molecule has 1 aromatic carbocycles. The third-order valence-corrected chi connectivity index (χ3v) is 5.40. The zero-order chi connectivity index (χ0) is 17.9. The Balaban J connectivity index is 2.25. The fourth-order valence-corrected chi connectivity index (χ4v) is 4.01. The van der Waals surface area contributed by atoms with Gasteiger partial charge in [0.2, 0.25) is 0 Å². The number of benzene rings is 1. The molecule has 0 atom stereocenters. The summed E-state index contributed by atoms with van der Waals surface area (Å²) in [5, 5.41) is 12.3. The standard InChI is InChI=1S/C18H16N4O2S/c1-20-12-14-10-18(16-8-5-9-21-17(16)11-19)22(13-14)25(23,24)15-6-3-2-4-7-15/h2-10,13,20H,12H2,1H3. The summed E-state index contributed by atoms with van der Waals surface area (Å²) in [6.07, 6.45) is 3.08. The van der Waals surface area contributed by atoms with Crippen LogP contribution in [-0.4, -0.2) is 24.4 Å². The average molecular weight is 352 g/mol. The van der Waals surface area contributed by atoms with Crippen LogP contribution in [0.1, 0.15) is 11.3 Å². The van der Waals surface area contributed by atoms with E-state index in [0.717, 1.165) is 5.56 Å². The van der Waals surface area contributed by atoms with Crippen molar-refractivity contribution >= 4 is 10.0 Å². The van der Waals surface area contributed by atoms with Crippen LogP contribution in [0.25, 0.3) is 11.3 Å². The lowest BCUT2D eigenvalue weighted by Gasteiger charge is -2.11. The second kappa shape index (κ2) is 6.89. The number of nitrogens with one attached hydrogen (secondary N) is 1. The van der Waals surface area contributed by atoms with E-state index in [2.05, 4.69) is 10.3 Å². The van der Waals surface area contributed by atoms with Crippen molar-refractivity contribution < 1.29 is 8.42 Å². The highest BCUT2D eigenvalue weighted by Gasteiger charge is 2.23. The van der Waals surface area contributed by atoms with Crippen molar-refractivity contribution in [2.75, 3.05) is 7.05 Å². The van der Waals surface area contributed by atoms with Gasteiger partial charge in [-0.2, -0.15) is 5.26 Å². The molecule has 2 aromatic heterocycles. The van der Waals surface area contributed by atoms with E-state index in [9.17, 15) is 13.7 Å².